The number of rotatable bonds is 4. The lowest BCUT2D eigenvalue weighted by molar-refractivity contribution is 0.0911. The van der Waals surface area contributed by atoms with E-state index in [9.17, 15) is 4.79 Å². The van der Waals surface area contributed by atoms with E-state index >= 15 is 0 Å². The fraction of sp³-hybridized carbons (Fsp3) is 0.353. The van der Waals surface area contributed by atoms with Gasteiger partial charge in [0.1, 0.15) is 5.75 Å². The molecule has 1 atom stereocenters. The summed E-state index contributed by atoms with van der Waals surface area (Å²) in [7, 11) is 1.64. The summed E-state index contributed by atoms with van der Waals surface area (Å²) in [4.78, 5) is 14.4. The summed E-state index contributed by atoms with van der Waals surface area (Å²) >= 11 is 6.09. The highest BCUT2D eigenvalue weighted by Crippen LogP contribution is 2.33. The Morgan fingerprint density at radius 2 is 2.26 bits per heavy atom. The molecule has 2 heterocycles. The van der Waals surface area contributed by atoms with Crippen LogP contribution in [0.3, 0.4) is 0 Å². The van der Waals surface area contributed by atoms with Gasteiger partial charge in [-0.1, -0.05) is 11.6 Å². The molecule has 0 bridgehead atoms. The van der Waals surface area contributed by atoms with Crippen LogP contribution in [0, 0.1) is 6.92 Å². The molecule has 1 saturated heterocycles. The van der Waals surface area contributed by atoms with Gasteiger partial charge in [0.25, 0.3) is 5.91 Å². The van der Waals surface area contributed by atoms with E-state index < -0.39 is 0 Å². The van der Waals surface area contributed by atoms with Crippen LogP contribution in [0.1, 0.15) is 22.5 Å². The number of nitrogens with one attached hydrogen (secondary N) is 1. The molecule has 2 aromatic rings. The summed E-state index contributed by atoms with van der Waals surface area (Å²) in [5.41, 5.74) is 1.79. The van der Waals surface area contributed by atoms with Gasteiger partial charge >= 0.3 is 0 Å². The lowest BCUT2D eigenvalue weighted by Gasteiger charge is -2.21. The molecule has 1 aliphatic rings. The first kappa shape index (κ1) is 15.7. The molecule has 0 spiro atoms. The molecule has 1 fully saturated rings. The maximum atomic E-state index is 12.2. The SMILES string of the molecule is COc1ccc(Cl)cc1N1CC[C@H](NC(=O)c2occc2C)C1. The third kappa shape index (κ3) is 3.29. The molecule has 122 valence electrons. The summed E-state index contributed by atoms with van der Waals surface area (Å²) in [6.07, 6.45) is 2.39. The van der Waals surface area contributed by atoms with E-state index in [0.717, 1.165) is 30.0 Å². The number of amides is 1. The van der Waals surface area contributed by atoms with Crippen LogP contribution >= 0.6 is 11.6 Å². The summed E-state index contributed by atoms with van der Waals surface area (Å²) in [5, 5.41) is 3.69. The Labute approximate surface area is 140 Å². The van der Waals surface area contributed by atoms with E-state index in [0.29, 0.717) is 17.3 Å². The highest BCUT2D eigenvalue weighted by Gasteiger charge is 2.27. The summed E-state index contributed by atoms with van der Waals surface area (Å²) in [5.74, 6) is 0.990. The molecule has 5 nitrogen and oxygen atoms in total. The average Bonchev–Trinajstić information content (AvgIpc) is 3.16. The van der Waals surface area contributed by atoms with Crippen LogP contribution in [0.15, 0.2) is 34.9 Å². The van der Waals surface area contributed by atoms with E-state index in [-0.39, 0.29) is 11.9 Å². The molecule has 1 aromatic heterocycles. The Kier molecular flexibility index (Phi) is 4.48. The van der Waals surface area contributed by atoms with Gasteiger partial charge in [0, 0.05) is 29.7 Å². The van der Waals surface area contributed by atoms with Crippen molar-refractivity contribution in [1.82, 2.24) is 5.32 Å². The second-order valence-corrected chi connectivity index (χ2v) is 6.09. The van der Waals surface area contributed by atoms with Gasteiger partial charge in [-0.05, 0) is 37.6 Å². The van der Waals surface area contributed by atoms with Crippen molar-refractivity contribution in [1.29, 1.82) is 0 Å². The van der Waals surface area contributed by atoms with Crippen molar-refractivity contribution in [2.75, 3.05) is 25.1 Å². The van der Waals surface area contributed by atoms with Gasteiger partial charge in [-0.15, -0.1) is 0 Å². The first-order valence-corrected chi connectivity index (χ1v) is 7.89. The number of halogens is 1. The van der Waals surface area contributed by atoms with Crippen molar-refractivity contribution in [3.63, 3.8) is 0 Å². The molecule has 1 aromatic carbocycles. The van der Waals surface area contributed by atoms with Crippen LogP contribution in [0.4, 0.5) is 5.69 Å². The van der Waals surface area contributed by atoms with E-state index in [2.05, 4.69) is 10.2 Å². The molecule has 0 aliphatic carbocycles. The molecule has 0 radical (unpaired) electrons. The van der Waals surface area contributed by atoms with Crippen LogP contribution in [0.25, 0.3) is 0 Å². The number of carbonyl (C=O) groups excluding carboxylic acids is 1. The van der Waals surface area contributed by atoms with Crippen LogP contribution in [0.2, 0.25) is 5.02 Å². The normalized spacial score (nSPS) is 17.3. The number of methoxy groups -OCH3 is 1. The standard InChI is InChI=1S/C17H19ClN2O3/c1-11-6-8-23-16(11)17(21)19-13-5-7-20(10-13)14-9-12(18)3-4-15(14)22-2/h3-4,6,8-9,13H,5,7,10H2,1-2H3,(H,19,21)/t13-/m0/s1. The number of hydrogen-bond acceptors (Lipinski definition) is 4. The van der Waals surface area contributed by atoms with Crippen LogP contribution < -0.4 is 15.0 Å². The number of hydrogen-bond donors (Lipinski definition) is 1. The lowest BCUT2D eigenvalue weighted by Crippen LogP contribution is -2.37. The van der Waals surface area contributed by atoms with Crippen molar-refractivity contribution in [3.05, 3.63) is 46.9 Å². The number of ether oxygens (including phenoxy) is 1. The zero-order valence-corrected chi connectivity index (χ0v) is 13.9. The summed E-state index contributed by atoms with van der Waals surface area (Å²) in [6, 6.07) is 7.40. The van der Waals surface area contributed by atoms with Gasteiger partial charge in [0.15, 0.2) is 5.76 Å². The van der Waals surface area contributed by atoms with E-state index in [4.69, 9.17) is 20.8 Å². The fourth-order valence-electron chi connectivity index (χ4n) is 2.86. The molecule has 0 unspecified atom stereocenters. The van der Waals surface area contributed by atoms with E-state index in [1.807, 2.05) is 19.1 Å². The molecular formula is C17H19ClN2O3. The van der Waals surface area contributed by atoms with Gasteiger partial charge in [0.05, 0.1) is 19.1 Å². The topological polar surface area (TPSA) is 54.7 Å². The maximum Gasteiger partial charge on any atom is 0.287 e. The minimum atomic E-state index is -0.169. The Bertz CT molecular complexity index is 714. The molecule has 1 N–H and O–H groups in total. The zero-order chi connectivity index (χ0) is 16.4. The molecular weight excluding hydrogens is 316 g/mol. The lowest BCUT2D eigenvalue weighted by atomic mass is 10.2. The summed E-state index contributed by atoms with van der Waals surface area (Å²) < 4.78 is 10.6. The molecule has 23 heavy (non-hydrogen) atoms. The quantitative estimate of drug-likeness (QED) is 0.932. The average molecular weight is 335 g/mol. The highest BCUT2D eigenvalue weighted by molar-refractivity contribution is 6.30. The van der Waals surface area contributed by atoms with Crippen molar-refractivity contribution in [3.8, 4) is 5.75 Å². The van der Waals surface area contributed by atoms with E-state index in [1.54, 1.807) is 19.2 Å². The zero-order valence-electron chi connectivity index (χ0n) is 13.1. The van der Waals surface area contributed by atoms with Crippen molar-refractivity contribution >= 4 is 23.2 Å². The Morgan fingerprint density at radius 1 is 1.43 bits per heavy atom. The molecule has 0 saturated carbocycles. The van der Waals surface area contributed by atoms with Crippen molar-refractivity contribution in [2.45, 2.75) is 19.4 Å². The third-order valence-corrected chi connectivity index (χ3v) is 4.31. The molecule has 1 aliphatic heterocycles. The van der Waals surface area contributed by atoms with Gasteiger partial charge in [-0.3, -0.25) is 4.79 Å². The maximum absolute atomic E-state index is 12.2. The first-order valence-electron chi connectivity index (χ1n) is 7.52. The second-order valence-electron chi connectivity index (χ2n) is 5.65. The van der Waals surface area contributed by atoms with Gasteiger partial charge in [-0.25, -0.2) is 0 Å². The smallest absolute Gasteiger partial charge is 0.287 e. The Balaban J connectivity index is 1.68. The van der Waals surface area contributed by atoms with Crippen molar-refractivity contribution < 1.29 is 13.9 Å². The number of aryl methyl sites for hydroxylation is 1. The predicted octanol–water partition coefficient (Wildman–Crippen LogP) is 3.26. The molecule has 1 amide bonds. The van der Waals surface area contributed by atoms with Gasteiger partial charge in [0.2, 0.25) is 0 Å². The minimum Gasteiger partial charge on any atom is -0.495 e. The molecule has 3 rings (SSSR count). The Morgan fingerprint density at radius 3 is 2.96 bits per heavy atom. The number of carbonyl (C=O) groups is 1. The summed E-state index contributed by atoms with van der Waals surface area (Å²) in [6.45, 7) is 3.40. The second kappa shape index (κ2) is 6.54. The van der Waals surface area contributed by atoms with Crippen LogP contribution in [-0.2, 0) is 0 Å². The third-order valence-electron chi connectivity index (χ3n) is 4.07. The minimum absolute atomic E-state index is 0.0655. The van der Waals surface area contributed by atoms with Crippen LogP contribution in [-0.4, -0.2) is 32.1 Å². The van der Waals surface area contributed by atoms with E-state index in [1.165, 1.54) is 6.26 Å². The van der Waals surface area contributed by atoms with Crippen LogP contribution in [0.5, 0.6) is 5.75 Å². The number of benzene rings is 1. The number of furan rings is 1. The number of nitrogens with zero attached hydrogens (tertiary/aromatic N) is 1. The largest absolute Gasteiger partial charge is 0.495 e. The monoisotopic (exact) mass is 334 g/mol. The highest BCUT2D eigenvalue weighted by atomic mass is 35.5. The van der Waals surface area contributed by atoms with Gasteiger partial charge < -0.3 is 19.4 Å². The molecule has 6 heteroatoms. The predicted molar refractivity (Wildman–Crippen MR) is 89.5 cm³/mol. The van der Waals surface area contributed by atoms with Crippen molar-refractivity contribution in [2.24, 2.45) is 0 Å². The van der Waals surface area contributed by atoms with Gasteiger partial charge in [-0.2, -0.15) is 0 Å². The Hall–Kier alpha value is -2.14. The fourth-order valence-corrected chi connectivity index (χ4v) is 3.03. The number of anilines is 1. The first-order chi connectivity index (χ1) is 11.1.